The maximum atomic E-state index is 5.70. The molecule has 4 heteroatoms. The van der Waals surface area contributed by atoms with E-state index < -0.39 is 0 Å². The van der Waals surface area contributed by atoms with Crippen LogP contribution in [0, 0.1) is 5.41 Å². The zero-order chi connectivity index (χ0) is 11.1. The fourth-order valence-corrected chi connectivity index (χ4v) is 1.53. The maximum Gasteiger partial charge on any atom is 0.188 e. The third-order valence-electron chi connectivity index (χ3n) is 2.76. The van der Waals surface area contributed by atoms with E-state index in [-0.39, 0.29) is 5.41 Å². The first-order valence-electron chi connectivity index (χ1n) is 5.39. The van der Waals surface area contributed by atoms with Gasteiger partial charge in [-0.05, 0) is 18.3 Å². The van der Waals surface area contributed by atoms with Gasteiger partial charge in [-0.25, -0.2) is 0 Å². The quantitative estimate of drug-likeness (QED) is 0.412. The Hall–Kier alpha value is -1.03. The van der Waals surface area contributed by atoms with Gasteiger partial charge in [0, 0.05) is 26.3 Å². The van der Waals surface area contributed by atoms with Crippen molar-refractivity contribution in [2.24, 2.45) is 16.1 Å². The SMILES string of the molecule is C=CCNC(N)=NCC1(C)CCOCC1. The molecule has 0 radical (unpaired) electrons. The number of guanidine groups is 1. The molecule has 0 amide bonds. The molecule has 86 valence electrons. The van der Waals surface area contributed by atoms with Crippen molar-refractivity contribution in [3.8, 4) is 0 Å². The second kappa shape index (κ2) is 5.75. The summed E-state index contributed by atoms with van der Waals surface area (Å²) in [5, 5.41) is 2.97. The van der Waals surface area contributed by atoms with Gasteiger partial charge in [0.25, 0.3) is 0 Å². The average molecular weight is 211 g/mol. The molecule has 3 N–H and O–H groups in total. The molecule has 0 aromatic carbocycles. The predicted molar refractivity (Wildman–Crippen MR) is 62.8 cm³/mol. The van der Waals surface area contributed by atoms with E-state index in [1.807, 2.05) is 0 Å². The van der Waals surface area contributed by atoms with Crippen molar-refractivity contribution in [1.82, 2.24) is 5.32 Å². The van der Waals surface area contributed by atoms with Gasteiger partial charge in [0.2, 0.25) is 0 Å². The first kappa shape index (κ1) is 12.0. The van der Waals surface area contributed by atoms with Gasteiger partial charge in [-0.3, -0.25) is 4.99 Å². The van der Waals surface area contributed by atoms with E-state index in [9.17, 15) is 0 Å². The molecular formula is C11H21N3O. The third kappa shape index (κ3) is 4.34. The van der Waals surface area contributed by atoms with Crippen molar-refractivity contribution in [2.45, 2.75) is 19.8 Å². The van der Waals surface area contributed by atoms with Gasteiger partial charge < -0.3 is 15.8 Å². The lowest BCUT2D eigenvalue weighted by atomic mass is 9.83. The van der Waals surface area contributed by atoms with Crippen LogP contribution in [0.3, 0.4) is 0 Å². The molecular weight excluding hydrogens is 190 g/mol. The summed E-state index contributed by atoms with van der Waals surface area (Å²) in [6, 6.07) is 0. The summed E-state index contributed by atoms with van der Waals surface area (Å²) in [4.78, 5) is 4.34. The molecule has 0 saturated carbocycles. The topological polar surface area (TPSA) is 59.6 Å². The van der Waals surface area contributed by atoms with Crippen LogP contribution in [0.5, 0.6) is 0 Å². The number of rotatable bonds is 4. The highest BCUT2D eigenvalue weighted by Crippen LogP contribution is 2.29. The first-order valence-corrected chi connectivity index (χ1v) is 5.39. The summed E-state index contributed by atoms with van der Waals surface area (Å²) in [5.41, 5.74) is 5.94. The third-order valence-corrected chi connectivity index (χ3v) is 2.76. The Labute approximate surface area is 91.6 Å². The Balaban J connectivity index is 2.35. The lowest BCUT2D eigenvalue weighted by molar-refractivity contribution is 0.0283. The standard InChI is InChI=1S/C11H21N3O/c1-3-6-13-10(12)14-9-11(2)4-7-15-8-5-11/h3H,1,4-9H2,2H3,(H3,12,13,14). The van der Waals surface area contributed by atoms with Gasteiger partial charge >= 0.3 is 0 Å². The average Bonchev–Trinajstić information content (AvgIpc) is 2.25. The number of nitrogens with one attached hydrogen (secondary N) is 1. The molecule has 1 aliphatic rings. The van der Waals surface area contributed by atoms with Crippen molar-refractivity contribution < 1.29 is 4.74 Å². The highest BCUT2D eigenvalue weighted by atomic mass is 16.5. The Kier molecular flexibility index (Phi) is 4.62. The highest BCUT2D eigenvalue weighted by molar-refractivity contribution is 5.77. The number of nitrogens with two attached hydrogens (primary N) is 1. The van der Waals surface area contributed by atoms with E-state index in [2.05, 4.69) is 23.8 Å². The Morgan fingerprint density at radius 1 is 1.60 bits per heavy atom. The number of aliphatic imine (C=N–C) groups is 1. The fraction of sp³-hybridized carbons (Fsp3) is 0.727. The van der Waals surface area contributed by atoms with E-state index in [1.54, 1.807) is 6.08 Å². The number of hydrogen-bond donors (Lipinski definition) is 2. The monoisotopic (exact) mass is 211 g/mol. The van der Waals surface area contributed by atoms with Crippen LogP contribution in [0.15, 0.2) is 17.6 Å². The predicted octanol–water partition coefficient (Wildman–Crippen LogP) is 0.893. The lowest BCUT2D eigenvalue weighted by Gasteiger charge is -2.31. The molecule has 0 bridgehead atoms. The zero-order valence-corrected chi connectivity index (χ0v) is 9.46. The van der Waals surface area contributed by atoms with Gasteiger partial charge in [-0.2, -0.15) is 0 Å². The van der Waals surface area contributed by atoms with Gasteiger partial charge in [0.1, 0.15) is 0 Å². The van der Waals surface area contributed by atoms with Crippen molar-refractivity contribution in [3.63, 3.8) is 0 Å². The van der Waals surface area contributed by atoms with Crippen molar-refractivity contribution in [1.29, 1.82) is 0 Å². The van der Waals surface area contributed by atoms with Crippen LogP contribution in [0.2, 0.25) is 0 Å². The van der Waals surface area contributed by atoms with Crippen LogP contribution in [-0.2, 0) is 4.74 Å². The van der Waals surface area contributed by atoms with Gasteiger partial charge in [-0.15, -0.1) is 6.58 Å². The molecule has 4 nitrogen and oxygen atoms in total. The molecule has 15 heavy (non-hydrogen) atoms. The second-order valence-electron chi connectivity index (χ2n) is 4.29. The largest absolute Gasteiger partial charge is 0.381 e. The van der Waals surface area contributed by atoms with Crippen molar-refractivity contribution >= 4 is 5.96 Å². The van der Waals surface area contributed by atoms with Crippen LogP contribution in [-0.4, -0.2) is 32.3 Å². The smallest absolute Gasteiger partial charge is 0.188 e. The minimum atomic E-state index is 0.249. The summed E-state index contributed by atoms with van der Waals surface area (Å²) in [7, 11) is 0. The summed E-state index contributed by atoms with van der Waals surface area (Å²) in [6.45, 7) is 8.95. The molecule has 0 aromatic rings. The summed E-state index contributed by atoms with van der Waals surface area (Å²) in [5.74, 6) is 0.502. The Bertz CT molecular complexity index is 232. The molecule has 1 rings (SSSR count). The summed E-state index contributed by atoms with van der Waals surface area (Å²) < 4.78 is 5.33. The van der Waals surface area contributed by atoms with Gasteiger partial charge in [0.05, 0.1) is 0 Å². The molecule has 0 atom stereocenters. The van der Waals surface area contributed by atoms with E-state index in [1.165, 1.54) is 0 Å². The Morgan fingerprint density at radius 3 is 2.87 bits per heavy atom. The fourth-order valence-electron chi connectivity index (χ4n) is 1.53. The van der Waals surface area contributed by atoms with Crippen LogP contribution >= 0.6 is 0 Å². The van der Waals surface area contributed by atoms with E-state index >= 15 is 0 Å². The molecule has 0 aromatic heterocycles. The molecule has 0 spiro atoms. The zero-order valence-electron chi connectivity index (χ0n) is 9.46. The van der Waals surface area contributed by atoms with Crippen LogP contribution in [0.1, 0.15) is 19.8 Å². The molecule has 0 unspecified atom stereocenters. The molecule has 1 fully saturated rings. The Morgan fingerprint density at radius 2 is 2.27 bits per heavy atom. The van der Waals surface area contributed by atoms with E-state index in [4.69, 9.17) is 10.5 Å². The van der Waals surface area contributed by atoms with Crippen LogP contribution < -0.4 is 11.1 Å². The molecule has 1 heterocycles. The van der Waals surface area contributed by atoms with E-state index in [0.29, 0.717) is 12.5 Å². The second-order valence-corrected chi connectivity index (χ2v) is 4.29. The molecule has 1 saturated heterocycles. The minimum absolute atomic E-state index is 0.249. The lowest BCUT2D eigenvalue weighted by Crippen LogP contribution is -2.35. The van der Waals surface area contributed by atoms with E-state index in [0.717, 1.165) is 32.6 Å². The van der Waals surface area contributed by atoms with Crippen molar-refractivity contribution in [3.05, 3.63) is 12.7 Å². The first-order chi connectivity index (χ1) is 7.16. The van der Waals surface area contributed by atoms with Gasteiger partial charge in [0.15, 0.2) is 5.96 Å². The normalized spacial score (nSPS) is 21.0. The minimum Gasteiger partial charge on any atom is -0.381 e. The maximum absolute atomic E-state index is 5.70. The van der Waals surface area contributed by atoms with Crippen LogP contribution in [0.4, 0.5) is 0 Å². The van der Waals surface area contributed by atoms with Crippen molar-refractivity contribution in [2.75, 3.05) is 26.3 Å². The summed E-state index contributed by atoms with van der Waals surface area (Å²) in [6.07, 6.45) is 3.88. The van der Waals surface area contributed by atoms with Crippen LogP contribution in [0.25, 0.3) is 0 Å². The van der Waals surface area contributed by atoms with Gasteiger partial charge in [-0.1, -0.05) is 13.0 Å². The molecule has 0 aliphatic carbocycles. The summed E-state index contributed by atoms with van der Waals surface area (Å²) >= 11 is 0. The highest BCUT2D eigenvalue weighted by Gasteiger charge is 2.26. The molecule has 1 aliphatic heterocycles. The number of ether oxygens (including phenoxy) is 1. The number of hydrogen-bond acceptors (Lipinski definition) is 2. The number of nitrogens with zero attached hydrogens (tertiary/aromatic N) is 1.